The summed E-state index contributed by atoms with van der Waals surface area (Å²) in [5, 5.41) is 0. The largest absolute Gasteiger partial charge is 0.469 e. The van der Waals surface area contributed by atoms with Crippen molar-refractivity contribution in [3.05, 3.63) is 12.2 Å². The maximum atomic E-state index is 11.7. The van der Waals surface area contributed by atoms with Crippen molar-refractivity contribution < 1.29 is 23.8 Å². The average Bonchev–Trinajstić information content (AvgIpc) is 2.76. The van der Waals surface area contributed by atoms with Crippen molar-refractivity contribution in [2.45, 2.75) is 19.6 Å². The minimum atomic E-state index is -0.506. The van der Waals surface area contributed by atoms with E-state index in [0.29, 0.717) is 6.54 Å². The van der Waals surface area contributed by atoms with E-state index < -0.39 is 12.3 Å². The van der Waals surface area contributed by atoms with Crippen LogP contribution in [0.25, 0.3) is 0 Å². The van der Waals surface area contributed by atoms with Crippen LogP contribution in [0.3, 0.4) is 0 Å². The molecule has 3 atom stereocenters. The van der Waals surface area contributed by atoms with Crippen LogP contribution in [-0.2, 0) is 19.0 Å². The van der Waals surface area contributed by atoms with E-state index in [1.165, 1.54) is 26.2 Å². The Hall–Kier alpha value is -1.56. The van der Waals surface area contributed by atoms with Crippen LogP contribution >= 0.6 is 0 Å². The molecule has 1 aliphatic heterocycles. The quantitative estimate of drug-likeness (QED) is 0.571. The molecule has 0 aliphatic carbocycles. The van der Waals surface area contributed by atoms with E-state index in [9.17, 15) is 9.59 Å². The van der Waals surface area contributed by atoms with Crippen molar-refractivity contribution in [3.63, 3.8) is 0 Å². The van der Waals surface area contributed by atoms with Gasteiger partial charge in [0.05, 0.1) is 20.6 Å². The molecule has 1 aliphatic rings. The maximum Gasteiger partial charge on any atom is 0.411 e. The molecule has 0 aromatic rings. The van der Waals surface area contributed by atoms with Crippen LogP contribution < -0.4 is 0 Å². The fraction of sp³-hybridized carbons (Fsp3) is 0.692. The molecule has 0 spiro atoms. The first kappa shape index (κ1) is 15.5. The van der Waals surface area contributed by atoms with E-state index in [1.807, 2.05) is 6.92 Å². The fourth-order valence-electron chi connectivity index (χ4n) is 2.52. The van der Waals surface area contributed by atoms with Gasteiger partial charge in [-0.25, -0.2) is 4.79 Å². The lowest BCUT2D eigenvalue weighted by Gasteiger charge is -2.25. The van der Waals surface area contributed by atoms with Crippen LogP contribution in [0.15, 0.2) is 12.2 Å². The Bertz CT molecular complexity index is 368. The second kappa shape index (κ2) is 6.56. The first-order valence-corrected chi connectivity index (χ1v) is 6.05. The van der Waals surface area contributed by atoms with Gasteiger partial charge in [0.15, 0.2) is 0 Å². The fourth-order valence-corrected chi connectivity index (χ4v) is 2.52. The second-order valence-electron chi connectivity index (χ2n) is 4.65. The van der Waals surface area contributed by atoms with Gasteiger partial charge in [-0.05, 0) is 6.92 Å². The average molecular weight is 271 g/mol. The number of nitrogens with zero attached hydrogens (tertiary/aromatic N) is 1. The normalized spacial score (nSPS) is 26.1. The lowest BCUT2D eigenvalue weighted by Crippen LogP contribution is -2.39. The summed E-state index contributed by atoms with van der Waals surface area (Å²) in [4.78, 5) is 24.7. The first-order chi connectivity index (χ1) is 8.96. The smallest absolute Gasteiger partial charge is 0.411 e. The van der Waals surface area contributed by atoms with Crippen LogP contribution in [0.1, 0.15) is 13.3 Å². The van der Waals surface area contributed by atoms with E-state index in [2.05, 4.69) is 6.58 Å². The number of carbonyl (C=O) groups excluding carboxylic acids is 2. The van der Waals surface area contributed by atoms with Gasteiger partial charge in [0.25, 0.3) is 0 Å². The minimum absolute atomic E-state index is 0.0110. The molecule has 1 amide bonds. The van der Waals surface area contributed by atoms with Gasteiger partial charge < -0.3 is 14.2 Å². The van der Waals surface area contributed by atoms with Gasteiger partial charge in [-0.2, -0.15) is 0 Å². The van der Waals surface area contributed by atoms with Gasteiger partial charge in [0, 0.05) is 25.5 Å². The van der Waals surface area contributed by atoms with Gasteiger partial charge >= 0.3 is 12.1 Å². The van der Waals surface area contributed by atoms with Crippen molar-refractivity contribution in [3.8, 4) is 0 Å². The lowest BCUT2D eigenvalue weighted by molar-refractivity contribution is -0.143. The number of ether oxygens (including phenoxy) is 3. The monoisotopic (exact) mass is 271 g/mol. The number of likely N-dealkylation sites (tertiary alicyclic amines) is 1. The zero-order valence-electron chi connectivity index (χ0n) is 11.8. The number of amides is 1. The summed E-state index contributed by atoms with van der Waals surface area (Å²) in [7, 11) is 4.16. The van der Waals surface area contributed by atoms with Crippen LogP contribution in [0.5, 0.6) is 0 Å². The third-order valence-electron chi connectivity index (χ3n) is 3.50. The zero-order valence-corrected chi connectivity index (χ0v) is 11.8. The summed E-state index contributed by atoms with van der Waals surface area (Å²) in [6.07, 6.45) is -0.793. The van der Waals surface area contributed by atoms with E-state index in [1.54, 1.807) is 0 Å². The third kappa shape index (κ3) is 3.26. The standard InChI is InChI=1S/C13H21NO5/c1-8(2)10-7-14(13(16)19-5)12(18-4)9(10)6-11(15)17-3/h9-10,12H,1,6-7H2,2-5H3/t9-,10+,12?/m0/s1. The molecule has 0 saturated carbocycles. The molecule has 1 fully saturated rings. The van der Waals surface area contributed by atoms with Crippen LogP contribution in [-0.4, -0.2) is 51.1 Å². The summed E-state index contributed by atoms with van der Waals surface area (Å²) < 4.78 is 14.8. The number of methoxy groups -OCH3 is 3. The Morgan fingerprint density at radius 2 is 1.89 bits per heavy atom. The van der Waals surface area contributed by atoms with Crippen molar-refractivity contribution in [2.75, 3.05) is 27.9 Å². The Morgan fingerprint density at radius 3 is 2.32 bits per heavy atom. The Morgan fingerprint density at radius 1 is 1.26 bits per heavy atom. The summed E-state index contributed by atoms with van der Waals surface area (Å²) in [6, 6.07) is 0. The molecule has 6 nitrogen and oxygen atoms in total. The Kier molecular flexibility index (Phi) is 5.35. The molecule has 1 rings (SSSR count). The van der Waals surface area contributed by atoms with Crippen LogP contribution in [0, 0.1) is 11.8 Å². The molecule has 1 heterocycles. The molecule has 1 saturated heterocycles. The zero-order chi connectivity index (χ0) is 14.6. The van der Waals surface area contributed by atoms with E-state index in [-0.39, 0.29) is 24.2 Å². The summed E-state index contributed by atoms with van der Waals surface area (Å²) in [5.74, 6) is -0.512. The van der Waals surface area contributed by atoms with Crippen molar-refractivity contribution in [2.24, 2.45) is 11.8 Å². The molecule has 0 aromatic heterocycles. The van der Waals surface area contributed by atoms with E-state index >= 15 is 0 Å². The predicted molar refractivity (Wildman–Crippen MR) is 68.3 cm³/mol. The summed E-state index contributed by atoms with van der Waals surface area (Å²) >= 11 is 0. The van der Waals surface area contributed by atoms with Crippen molar-refractivity contribution >= 4 is 12.1 Å². The molecule has 0 radical (unpaired) electrons. The molecular formula is C13H21NO5. The highest BCUT2D eigenvalue weighted by atomic mass is 16.6. The minimum Gasteiger partial charge on any atom is -0.469 e. The molecule has 0 bridgehead atoms. The van der Waals surface area contributed by atoms with Crippen LogP contribution in [0.2, 0.25) is 0 Å². The highest BCUT2D eigenvalue weighted by Gasteiger charge is 2.46. The summed E-state index contributed by atoms with van der Waals surface area (Å²) in [6.45, 7) is 6.23. The Balaban J connectivity index is 2.96. The summed E-state index contributed by atoms with van der Waals surface area (Å²) in [5.41, 5.74) is 0.905. The lowest BCUT2D eigenvalue weighted by atomic mass is 9.87. The number of hydrogen-bond donors (Lipinski definition) is 0. The SMILES string of the molecule is C=C(C)[C@H]1CN(C(=O)OC)C(OC)[C@H]1CC(=O)OC. The van der Waals surface area contributed by atoms with Gasteiger partial charge in [-0.3, -0.25) is 9.69 Å². The number of rotatable bonds is 4. The van der Waals surface area contributed by atoms with Gasteiger partial charge in [0.2, 0.25) is 0 Å². The number of esters is 1. The molecule has 1 unspecified atom stereocenters. The maximum absolute atomic E-state index is 11.7. The molecule has 19 heavy (non-hydrogen) atoms. The molecule has 0 aromatic carbocycles. The van der Waals surface area contributed by atoms with Gasteiger partial charge in [0.1, 0.15) is 6.23 Å². The third-order valence-corrected chi connectivity index (χ3v) is 3.50. The van der Waals surface area contributed by atoms with Crippen molar-refractivity contribution in [1.82, 2.24) is 4.90 Å². The first-order valence-electron chi connectivity index (χ1n) is 6.05. The second-order valence-corrected chi connectivity index (χ2v) is 4.65. The highest BCUT2D eigenvalue weighted by Crippen LogP contribution is 2.37. The topological polar surface area (TPSA) is 65.1 Å². The van der Waals surface area contributed by atoms with Crippen molar-refractivity contribution in [1.29, 1.82) is 0 Å². The van der Waals surface area contributed by atoms with Gasteiger partial charge in [-0.15, -0.1) is 0 Å². The number of carbonyl (C=O) groups is 2. The Labute approximate surface area is 113 Å². The molecular weight excluding hydrogens is 250 g/mol. The van der Waals surface area contributed by atoms with E-state index in [0.717, 1.165) is 5.57 Å². The molecule has 108 valence electrons. The molecule has 6 heteroatoms. The molecule has 0 N–H and O–H groups in total. The van der Waals surface area contributed by atoms with Gasteiger partial charge in [-0.1, -0.05) is 12.2 Å². The highest BCUT2D eigenvalue weighted by molar-refractivity contribution is 5.71. The predicted octanol–water partition coefficient (Wildman–Crippen LogP) is 1.41. The number of hydrogen-bond acceptors (Lipinski definition) is 5. The van der Waals surface area contributed by atoms with E-state index in [4.69, 9.17) is 14.2 Å². The van der Waals surface area contributed by atoms with Crippen LogP contribution in [0.4, 0.5) is 4.79 Å².